The van der Waals surface area contributed by atoms with Crippen molar-refractivity contribution in [3.05, 3.63) is 78.1 Å². The summed E-state index contributed by atoms with van der Waals surface area (Å²) in [5.74, 6) is -0.856. The quantitative estimate of drug-likeness (QED) is 0.458. The monoisotopic (exact) mass is 576 g/mol. The van der Waals surface area contributed by atoms with E-state index in [1.54, 1.807) is 56.3 Å². The first-order valence-corrected chi connectivity index (χ1v) is 15.4. The highest BCUT2D eigenvalue weighted by Gasteiger charge is 2.39. The molecule has 1 aliphatic heterocycles. The number of fused-ring (bicyclic) bond motifs is 1. The van der Waals surface area contributed by atoms with Crippen molar-refractivity contribution in [3.63, 3.8) is 0 Å². The summed E-state index contributed by atoms with van der Waals surface area (Å²) in [4.78, 5) is 0.0323. The molecule has 3 aromatic carbocycles. The average molecular weight is 577 g/mol. The summed E-state index contributed by atoms with van der Waals surface area (Å²) < 4.78 is 76.7. The molecule has 0 saturated carbocycles. The molecular formula is C28H33FN2O6S2. The minimum absolute atomic E-state index is 0.0121. The van der Waals surface area contributed by atoms with E-state index >= 15 is 0 Å². The highest BCUT2D eigenvalue weighted by atomic mass is 32.2. The third-order valence-electron chi connectivity index (χ3n) is 6.99. The van der Waals surface area contributed by atoms with Gasteiger partial charge in [0.05, 0.1) is 18.0 Å². The van der Waals surface area contributed by atoms with Crippen LogP contribution < -0.4 is 4.74 Å². The maximum atomic E-state index is 13.9. The zero-order valence-electron chi connectivity index (χ0n) is 22.3. The van der Waals surface area contributed by atoms with Crippen molar-refractivity contribution in [1.29, 1.82) is 0 Å². The van der Waals surface area contributed by atoms with Gasteiger partial charge in [-0.1, -0.05) is 42.8 Å². The molecular weight excluding hydrogens is 543 g/mol. The second-order valence-corrected chi connectivity index (χ2v) is 13.9. The molecule has 1 heterocycles. The van der Waals surface area contributed by atoms with Crippen molar-refractivity contribution in [3.8, 4) is 16.9 Å². The molecule has 0 aliphatic carbocycles. The lowest BCUT2D eigenvalue weighted by Crippen LogP contribution is -2.50. The number of ether oxygens (including phenoxy) is 1. The lowest BCUT2D eigenvalue weighted by Gasteiger charge is -2.37. The molecule has 3 atom stereocenters. The molecule has 210 valence electrons. The van der Waals surface area contributed by atoms with Gasteiger partial charge < -0.3 is 9.84 Å². The van der Waals surface area contributed by atoms with E-state index in [0.717, 1.165) is 5.56 Å². The Hall–Kier alpha value is -2.83. The van der Waals surface area contributed by atoms with E-state index in [1.807, 2.05) is 6.92 Å². The highest BCUT2D eigenvalue weighted by Crippen LogP contribution is 2.37. The fraction of sp³-hybridized carbons (Fsp3) is 0.357. The van der Waals surface area contributed by atoms with E-state index < -0.39 is 50.5 Å². The van der Waals surface area contributed by atoms with E-state index in [-0.39, 0.29) is 28.6 Å². The van der Waals surface area contributed by atoms with Gasteiger partial charge in [-0.05, 0) is 61.4 Å². The largest absolute Gasteiger partial charge is 0.487 e. The number of likely N-dealkylation sites (N-methyl/N-ethyl adjacent to an activating group) is 1. The number of aliphatic hydroxyl groups excluding tert-OH is 1. The van der Waals surface area contributed by atoms with Gasteiger partial charge in [-0.3, -0.25) is 0 Å². The second-order valence-electron chi connectivity index (χ2n) is 10.0. The Labute approximate surface area is 229 Å². The molecule has 1 aliphatic rings. The summed E-state index contributed by atoms with van der Waals surface area (Å²) >= 11 is 0. The average Bonchev–Trinajstić information content (AvgIpc) is 2.90. The van der Waals surface area contributed by atoms with E-state index in [0.29, 0.717) is 11.1 Å². The zero-order valence-corrected chi connectivity index (χ0v) is 23.9. The van der Waals surface area contributed by atoms with E-state index in [1.165, 1.54) is 39.9 Å². The SMILES string of the molecule is Cc1ccc(S(=O)(=O)N(C)C[C@H]2Oc3cc(-c4cccc(F)c4)ccc3S(=O)(=O)N([C@@H](C)CO)C[C@H]2C)cc1. The minimum atomic E-state index is -4.08. The Morgan fingerprint density at radius 1 is 1.10 bits per heavy atom. The number of hydrogen-bond acceptors (Lipinski definition) is 6. The van der Waals surface area contributed by atoms with Gasteiger partial charge in [0.2, 0.25) is 20.0 Å². The number of rotatable bonds is 7. The van der Waals surface area contributed by atoms with E-state index in [9.17, 15) is 26.3 Å². The van der Waals surface area contributed by atoms with Gasteiger partial charge in [-0.2, -0.15) is 8.61 Å². The topological polar surface area (TPSA) is 104 Å². The number of aliphatic hydroxyl groups is 1. The maximum Gasteiger partial charge on any atom is 0.247 e. The first-order chi connectivity index (χ1) is 18.3. The number of sulfonamides is 2. The van der Waals surface area contributed by atoms with Gasteiger partial charge in [0.25, 0.3) is 0 Å². The van der Waals surface area contributed by atoms with Crippen LogP contribution in [0.25, 0.3) is 11.1 Å². The molecule has 0 saturated heterocycles. The van der Waals surface area contributed by atoms with Crippen molar-refractivity contribution in [2.75, 3.05) is 26.7 Å². The summed E-state index contributed by atoms with van der Waals surface area (Å²) in [6, 6.07) is 16.2. The van der Waals surface area contributed by atoms with Gasteiger partial charge in [0.15, 0.2) is 0 Å². The van der Waals surface area contributed by atoms with Gasteiger partial charge in [-0.25, -0.2) is 21.2 Å². The number of aryl methyl sites for hydroxylation is 1. The molecule has 0 amide bonds. The predicted molar refractivity (Wildman–Crippen MR) is 147 cm³/mol. The molecule has 8 nitrogen and oxygen atoms in total. The third kappa shape index (κ3) is 6.02. The molecule has 0 aromatic heterocycles. The molecule has 0 unspecified atom stereocenters. The number of hydrogen-bond donors (Lipinski definition) is 1. The van der Waals surface area contributed by atoms with Gasteiger partial charge >= 0.3 is 0 Å². The van der Waals surface area contributed by atoms with Crippen LogP contribution in [-0.2, 0) is 20.0 Å². The van der Waals surface area contributed by atoms with Crippen LogP contribution in [0.2, 0.25) is 0 Å². The zero-order chi connectivity index (χ0) is 28.5. The normalized spacial score (nSPS) is 20.5. The molecule has 11 heteroatoms. The number of benzene rings is 3. The van der Waals surface area contributed by atoms with Crippen LogP contribution in [0.15, 0.2) is 76.5 Å². The molecule has 0 fully saturated rings. The van der Waals surface area contributed by atoms with Gasteiger partial charge in [0, 0.05) is 25.6 Å². The van der Waals surface area contributed by atoms with Crippen LogP contribution in [0.1, 0.15) is 19.4 Å². The van der Waals surface area contributed by atoms with Crippen LogP contribution in [0.3, 0.4) is 0 Å². The fourth-order valence-electron chi connectivity index (χ4n) is 4.53. The standard InChI is InChI=1S/C28H33FN2O6S2/c1-19-8-11-25(12-9-19)38(33,34)30(4)17-27-20(2)16-31(21(3)18-32)39(35,36)28-13-10-23(15-26(28)37-27)22-6-5-7-24(29)14-22/h5-15,20-21,27,32H,16-18H2,1-4H3/t20-,21+,27-/m1/s1. The Kier molecular flexibility index (Phi) is 8.48. The third-order valence-corrected chi connectivity index (χ3v) is 10.8. The van der Waals surface area contributed by atoms with Crippen molar-refractivity contribution >= 4 is 20.0 Å². The Balaban J connectivity index is 1.77. The smallest absolute Gasteiger partial charge is 0.247 e. The number of nitrogens with zero attached hydrogens (tertiary/aromatic N) is 2. The van der Waals surface area contributed by atoms with Gasteiger partial charge in [0.1, 0.15) is 22.6 Å². The Bertz CT molecular complexity index is 1540. The highest BCUT2D eigenvalue weighted by molar-refractivity contribution is 7.89. The van der Waals surface area contributed by atoms with Crippen molar-refractivity contribution in [1.82, 2.24) is 8.61 Å². The second kappa shape index (κ2) is 11.3. The van der Waals surface area contributed by atoms with Crippen LogP contribution in [0.5, 0.6) is 5.75 Å². The predicted octanol–water partition coefficient (Wildman–Crippen LogP) is 3.89. The van der Waals surface area contributed by atoms with Crippen molar-refractivity contribution in [2.45, 2.75) is 42.7 Å². The summed E-state index contributed by atoms with van der Waals surface area (Å²) in [5.41, 5.74) is 2.00. The molecule has 39 heavy (non-hydrogen) atoms. The lowest BCUT2D eigenvalue weighted by atomic mass is 10.0. The fourth-order valence-corrected chi connectivity index (χ4v) is 7.54. The van der Waals surface area contributed by atoms with Crippen molar-refractivity contribution < 1.29 is 31.1 Å². The van der Waals surface area contributed by atoms with Gasteiger partial charge in [-0.15, -0.1) is 0 Å². The Morgan fingerprint density at radius 2 is 1.77 bits per heavy atom. The lowest BCUT2D eigenvalue weighted by molar-refractivity contribution is 0.0905. The van der Waals surface area contributed by atoms with Crippen LogP contribution in [0.4, 0.5) is 4.39 Å². The van der Waals surface area contributed by atoms with E-state index in [2.05, 4.69) is 0 Å². The van der Waals surface area contributed by atoms with Crippen LogP contribution in [-0.4, -0.2) is 69.4 Å². The summed E-state index contributed by atoms with van der Waals surface area (Å²) in [7, 11) is -6.47. The summed E-state index contributed by atoms with van der Waals surface area (Å²) in [6.45, 7) is 4.82. The molecule has 0 bridgehead atoms. The number of halogens is 1. The molecule has 1 N–H and O–H groups in total. The molecule has 0 radical (unpaired) electrons. The molecule has 4 rings (SSSR count). The van der Waals surface area contributed by atoms with Crippen LogP contribution >= 0.6 is 0 Å². The van der Waals surface area contributed by atoms with Crippen molar-refractivity contribution in [2.24, 2.45) is 5.92 Å². The Morgan fingerprint density at radius 3 is 2.41 bits per heavy atom. The summed E-state index contributed by atoms with van der Waals surface area (Å²) in [6.07, 6.45) is -0.736. The first kappa shape index (κ1) is 29.2. The maximum absolute atomic E-state index is 13.9. The molecule has 0 spiro atoms. The first-order valence-electron chi connectivity index (χ1n) is 12.6. The van der Waals surface area contributed by atoms with E-state index in [4.69, 9.17) is 4.74 Å². The van der Waals surface area contributed by atoms with Crippen LogP contribution in [0, 0.1) is 18.7 Å². The molecule has 3 aromatic rings. The summed E-state index contributed by atoms with van der Waals surface area (Å²) in [5, 5.41) is 9.84. The minimum Gasteiger partial charge on any atom is -0.487 e.